The van der Waals surface area contributed by atoms with Crippen LogP contribution in [0.2, 0.25) is 5.02 Å². The summed E-state index contributed by atoms with van der Waals surface area (Å²) in [6, 6.07) is 23.2. The molecule has 0 aliphatic carbocycles. The molecule has 0 spiro atoms. The second kappa shape index (κ2) is 10.3. The van der Waals surface area contributed by atoms with Crippen LogP contribution in [0.15, 0.2) is 83.8 Å². The lowest BCUT2D eigenvalue weighted by Gasteiger charge is -2.27. The Morgan fingerprint density at radius 3 is 2.38 bits per heavy atom. The van der Waals surface area contributed by atoms with Gasteiger partial charge < -0.3 is 10.3 Å². The number of hydrogen-bond donors (Lipinski definition) is 1. The number of hydrogen-bond acceptors (Lipinski definition) is 4. The van der Waals surface area contributed by atoms with Crippen molar-refractivity contribution < 1.29 is 0 Å². The molecule has 2 N–H and O–H groups in total. The molecule has 2 heterocycles. The number of nitrogens with zero attached hydrogens (tertiary/aromatic N) is 4. The van der Waals surface area contributed by atoms with Crippen molar-refractivity contribution >= 4 is 22.5 Å². The highest BCUT2D eigenvalue weighted by atomic mass is 35.5. The maximum atomic E-state index is 13.9. The molecule has 1 unspecified atom stereocenters. The van der Waals surface area contributed by atoms with Crippen LogP contribution in [0.1, 0.15) is 42.5 Å². The van der Waals surface area contributed by atoms with Crippen molar-refractivity contribution in [3.05, 3.63) is 117 Å². The fourth-order valence-corrected chi connectivity index (χ4v) is 4.94. The van der Waals surface area contributed by atoms with Crippen LogP contribution in [0.5, 0.6) is 0 Å². The number of benzene rings is 3. The van der Waals surface area contributed by atoms with Crippen molar-refractivity contribution in [2.75, 3.05) is 0 Å². The summed E-state index contributed by atoms with van der Waals surface area (Å²) in [4.78, 5) is 23.9. The van der Waals surface area contributed by atoms with Crippen molar-refractivity contribution in [2.45, 2.75) is 39.9 Å². The number of imidazole rings is 1. The van der Waals surface area contributed by atoms with E-state index in [1.54, 1.807) is 22.8 Å². The van der Waals surface area contributed by atoms with Crippen molar-refractivity contribution in [1.29, 1.82) is 0 Å². The van der Waals surface area contributed by atoms with Crippen molar-refractivity contribution in [1.82, 2.24) is 19.1 Å². The van der Waals surface area contributed by atoms with E-state index in [9.17, 15) is 4.79 Å². The predicted molar refractivity (Wildman–Crippen MR) is 150 cm³/mol. The third-order valence-corrected chi connectivity index (χ3v) is 6.86. The van der Waals surface area contributed by atoms with Crippen LogP contribution in [0.4, 0.5) is 0 Å². The zero-order valence-corrected chi connectivity index (χ0v) is 22.0. The van der Waals surface area contributed by atoms with Gasteiger partial charge in [-0.05, 0) is 36.6 Å². The van der Waals surface area contributed by atoms with Gasteiger partial charge in [-0.25, -0.2) is 9.97 Å². The van der Waals surface area contributed by atoms with Crippen LogP contribution >= 0.6 is 11.6 Å². The average Bonchev–Trinajstić information content (AvgIpc) is 3.31. The molecule has 0 fully saturated rings. The molecule has 0 aliphatic rings. The minimum absolute atomic E-state index is 0.0922. The third kappa shape index (κ3) is 4.95. The van der Waals surface area contributed by atoms with Crippen molar-refractivity contribution in [2.24, 2.45) is 11.7 Å². The number of aromatic nitrogens is 4. The quantitative estimate of drug-likeness (QED) is 0.292. The Labute approximate surface area is 221 Å². The van der Waals surface area contributed by atoms with E-state index in [1.807, 2.05) is 36.5 Å². The Balaban J connectivity index is 1.78. The van der Waals surface area contributed by atoms with Crippen LogP contribution in [0.3, 0.4) is 0 Å². The lowest BCUT2D eigenvalue weighted by atomic mass is 10.0. The van der Waals surface area contributed by atoms with E-state index in [-0.39, 0.29) is 17.5 Å². The van der Waals surface area contributed by atoms with Gasteiger partial charge in [-0.3, -0.25) is 9.36 Å². The molecule has 0 bridgehead atoms. The molecule has 188 valence electrons. The van der Waals surface area contributed by atoms with Gasteiger partial charge >= 0.3 is 0 Å². The second-order valence-corrected chi connectivity index (χ2v) is 10.2. The zero-order valence-electron chi connectivity index (χ0n) is 21.2. The second-order valence-electron chi connectivity index (χ2n) is 9.73. The first kappa shape index (κ1) is 24.9. The molecule has 0 amide bonds. The average molecular weight is 512 g/mol. The van der Waals surface area contributed by atoms with Crippen molar-refractivity contribution in [3.63, 3.8) is 0 Å². The number of halogens is 1. The Bertz CT molecular complexity index is 1600. The normalized spacial score (nSPS) is 12.4. The number of aryl methyl sites for hydroxylation is 1. The Kier molecular flexibility index (Phi) is 6.96. The molecule has 0 saturated heterocycles. The Morgan fingerprint density at radius 1 is 0.973 bits per heavy atom. The van der Waals surface area contributed by atoms with E-state index in [1.165, 1.54) is 5.56 Å². The number of nitrogens with two attached hydrogens (primary N) is 1. The van der Waals surface area contributed by atoms with Gasteiger partial charge in [-0.1, -0.05) is 85.6 Å². The summed E-state index contributed by atoms with van der Waals surface area (Å²) in [5.41, 5.74) is 10.5. The van der Waals surface area contributed by atoms with Gasteiger partial charge in [0.15, 0.2) is 0 Å². The number of fused-ring (bicyclic) bond motifs is 1. The minimum Gasteiger partial charge on any atom is -0.325 e. The fraction of sp³-hybridized carbons (Fsp3) is 0.233. The topological polar surface area (TPSA) is 78.7 Å². The molecule has 0 saturated carbocycles. The van der Waals surface area contributed by atoms with Crippen LogP contribution in [-0.4, -0.2) is 19.1 Å². The van der Waals surface area contributed by atoms with Gasteiger partial charge in [0.1, 0.15) is 11.6 Å². The molecule has 6 nitrogen and oxygen atoms in total. The lowest BCUT2D eigenvalue weighted by Crippen LogP contribution is -2.31. The predicted octanol–water partition coefficient (Wildman–Crippen LogP) is 5.97. The monoisotopic (exact) mass is 511 g/mol. The molecular formula is C30H30ClN5O. The summed E-state index contributed by atoms with van der Waals surface area (Å²) in [7, 11) is 0. The molecule has 37 heavy (non-hydrogen) atoms. The molecular weight excluding hydrogens is 482 g/mol. The van der Waals surface area contributed by atoms with Crippen LogP contribution in [-0.2, 0) is 13.1 Å². The highest BCUT2D eigenvalue weighted by Gasteiger charge is 2.28. The first-order valence-electron chi connectivity index (χ1n) is 12.4. The maximum absolute atomic E-state index is 13.9. The van der Waals surface area contributed by atoms with Gasteiger partial charge in [-0.2, -0.15) is 0 Å². The number of rotatable bonds is 7. The summed E-state index contributed by atoms with van der Waals surface area (Å²) in [6.07, 6.45) is 1.99. The Morgan fingerprint density at radius 2 is 1.70 bits per heavy atom. The molecule has 2 aromatic heterocycles. The minimum atomic E-state index is -0.274. The van der Waals surface area contributed by atoms with E-state index < -0.39 is 0 Å². The molecule has 7 heteroatoms. The molecule has 1 atom stereocenters. The lowest BCUT2D eigenvalue weighted by molar-refractivity contribution is 0.401. The van der Waals surface area contributed by atoms with Crippen LogP contribution in [0, 0.1) is 12.8 Å². The maximum Gasteiger partial charge on any atom is 0.261 e. The molecule has 0 aliphatic heterocycles. The summed E-state index contributed by atoms with van der Waals surface area (Å²) in [5, 5.41) is 1.08. The van der Waals surface area contributed by atoms with Gasteiger partial charge in [-0.15, -0.1) is 0 Å². The third-order valence-electron chi connectivity index (χ3n) is 6.63. The van der Waals surface area contributed by atoms with Crippen LogP contribution in [0.25, 0.3) is 22.3 Å². The van der Waals surface area contributed by atoms with Gasteiger partial charge in [0.25, 0.3) is 5.56 Å². The van der Waals surface area contributed by atoms with Crippen molar-refractivity contribution in [3.8, 4) is 11.4 Å². The molecule has 5 aromatic rings. The van der Waals surface area contributed by atoms with Gasteiger partial charge in [0.05, 0.1) is 29.2 Å². The highest BCUT2D eigenvalue weighted by molar-refractivity contribution is 6.31. The van der Waals surface area contributed by atoms with Gasteiger partial charge in [0, 0.05) is 23.3 Å². The molecule has 3 aromatic carbocycles. The van der Waals surface area contributed by atoms with E-state index >= 15 is 0 Å². The summed E-state index contributed by atoms with van der Waals surface area (Å²) >= 11 is 6.31. The highest BCUT2D eigenvalue weighted by Crippen LogP contribution is 2.32. The summed E-state index contributed by atoms with van der Waals surface area (Å²) in [6.45, 7) is 7.04. The smallest absolute Gasteiger partial charge is 0.261 e. The molecule has 0 radical (unpaired) electrons. The fourth-order valence-electron chi connectivity index (χ4n) is 4.77. The van der Waals surface area contributed by atoms with Crippen LogP contribution < -0.4 is 11.3 Å². The first-order valence-corrected chi connectivity index (χ1v) is 12.8. The van der Waals surface area contributed by atoms with E-state index in [0.717, 1.165) is 22.6 Å². The standard InChI is InChI=1S/C30H30ClN5O/c1-19(2)27(35-18-24(16-32)33-28(35)22-11-9-20(3)10-12-22)29-34-26-15-23(31)13-14-25(26)30(37)36(29)17-21-7-5-4-6-8-21/h4-15,18-19,27H,16-17,32H2,1-3H3. The SMILES string of the molecule is Cc1ccc(-c2nc(CN)cn2C(c2nc3cc(Cl)ccc3c(=O)n2Cc2ccccc2)C(C)C)cc1. The molecule has 5 rings (SSSR count). The Hall–Kier alpha value is -3.74. The summed E-state index contributed by atoms with van der Waals surface area (Å²) < 4.78 is 3.91. The zero-order chi connectivity index (χ0) is 26.1. The summed E-state index contributed by atoms with van der Waals surface area (Å²) in [5.74, 6) is 1.55. The largest absolute Gasteiger partial charge is 0.325 e. The van der Waals surface area contributed by atoms with Gasteiger partial charge in [0.2, 0.25) is 0 Å². The van der Waals surface area contributed by atoms with E-state index in [0.29, 0.717) is 34.8 Å². The first-order chi connectivity index (χ1) is 17.9. The van der Waals surface area contributed by atoms with E-state index in [2.05, 4.69) is 49.6 Å². The van der Waals surface area contributed by atoms with E-state index in [4.69, 9.17) is 27.3 Å².